The maximum absolute atomic E-state index is 8.87. The molecule has 0 aromatic carbocycles. The number of nitrogens with two attached hydrogens (primary N) is 1. The van der Waals surface area contributed by atoms with Crippen molar-refractivity contribution < 1.29 is 5.11 Å². The molecule has 0 unspecified atom stereocenters. The molecule has 0 fully saturated rings. The van der Waals surface area contributed by atoms with Crippen LogP contribution in [0, 0.1) is 0 Å². The van der Waals surface area contributed by atoms with Gasteiger partial charge >= 0.3 is 0 Å². The molecule has 3 N–H and O–H groups in total. The van der Waals surface area contributed by atoms with Crippen molar-refractivity contribution in [2.45, 2.75) is 5.92 Å². The number of rotatable bonds is 3. The van der Waals surface area contributed by atoms with E-state index in [-0.39, 0.29) is 12.5 Å². The summed E-state index contributed by atoms with van der Waals surface area (Å²) in [6.45, 7) is 0.546. The third-order valence-electron chi connectivity index (χ3n) is 1.66. The van der Waals surface area contributed by atoms with Crippen LogP contribution in [-0.4, -0.2) is 23.2 Å². The number of hydrogen-bond donors (Lipinski definition) is 2. The number of aromatic nitrogens is 1. The number of aliphatic hydroxyl groups excluding tert-OH is 1. The van der Waals surface area contributed by atoms with Crippen LogP contribution in [0.3, 0.4) is 0 Å². The minimum absolute atomic E-state index is 0.0312. The normalized spacial score (nSPS) is 12.9. The lowest BCUT2D eigenvalue weighted by molar-refractivity contribution is 0.267. The molecule has 3 nitrogen and oxygen atoms in total. The third kappa shape index (κ3) is 2.00. The summed E-state index contributed by atoms with van der Waals surface area (Å²) in [5.41, 5.74) is 6.43. The molecule has 0 saturated carbocycles. The molecule has 11 heavy (non-hydrogen) atoms. The topological polar surface area (TPSA) is 59.1 Å². The highest BCUT2D eigenvalue weighted by molar-refractivity contribution is 5.14. The number of aliphatic hydroxyl groups is 1. The van der Waals surface area contributed by atoms with E-state index < -0.39 is 0 Å². The first-order valence-electron chi connectivity index (χ1n) is 3.59. The summed E-state index contributed by atoms with van der Waals surface area (Å²) in [5.74, 6) is 0.0312. The van der Waals surface area contributed by atoms with E-state index in [1.165, 1.54) is 0 Å². The van der Waals surface area contributed by atoms with Crippen LogP contribution in [0.1, 0.15) is 11.5 Å². The zero-order valence-corrected chi connectivity index (χ0v) is 6.27. The van der Waals surface area contributed by atoms with Crippen LogP contribution in [0.15, 0.2) is 24.5 Å². The van der Waals surface area contributed by atoms with Crippen molar-refractivity contribution in [3.63, 3.8) is 0 Å². The molecule has 1 rings (SSSR count). The van der Waals surface area contributed by atoms with Crippen molar-refractivity contribution in [2.75, 3.05) is 13.2 Å². The summed E-state index contributed by atoms with van der Waals surface area (Å²) >= 11 is 0. The van der Waals surface area contributed by atoms with Gasteiger partial charge in [-0.2, -0.15) is 0 Å². The lowest BCUT2D eigenvalue weighted by Crippen LogP contribution is -2.15. The molecule has 0 aliphatic heterocycles. The van der Waals surface area contributed by atoms with Gasteiger partial charge in [0.25, 0.3) is 0 Å². The van der Waals surface area contributed by atoms with Crippen molar-refractivity contribution >= 4 is 0 Å². The first-order valence-corrected chi connectivity index (χ1v) is 3.59. The van der Waals surface area contributed by atoms with Crippen molar-refractivity contribution in [3.8, 4) is 0 Å². The standard InChI is InChI=1S/C8H12N2O/c9-4-8(6-11)7-2-1-3-10-5-7/h1-3,5,8,11H,4,6,9H2/t8-/m1/s1. The van der Waals surface area contributed by atoms with Crippen LogP contribution in [0.4, 0.5) is 0 Å². The van der Waals surface area contributed by atoms with Crippen molar-refractivity contribution in [1.82, 2.24) is 4.98 Å². The van der Waals surface area contributed by atoms with Gasteiger partial charge in [0.15, 0.2) is 0 Å². The highest BCUT2D eigenvalue weighted by atomic mass is 16.3. The summed E-state index contributed by atoms with van der Waals surface area (Å²) in [4.78, 5) is 3.93. The number of pyridine rings is 1. The molecule has 1 atom stereocenters. The summed E-state index contributed by atoms with van der Waals surface area (Å²) in [5, 5.41) is 8.87. The Labute approximate surface area is 65.9 Å². The van der Waals surface area contributed by atoms with Crippen LogP contribution in [0.25, 0.3) is 0 Å². The van der Waals surface area contributed by atoms with Gasteiger partial charge in [-0.15, -0.1) is 0 Å². The molecule has 3 heteroatoms. The van der Waals surface area contributed by atoms with Crippen LogP contribution < -0.4 is 5.73 Å². The Morgan fingerprint density at radius 3 is 2.91 bits per heavy atom. The minimum atomic E-state index is 0.0312. The van der Waals surface area contributed by atoms with Gasteiger partial charge in [0.2, 0.25) is 0 Å². The predicted molar refractivity (Wildman–Crippen MR) is 43.1 cm³/mol. The van der Waals surface area contributed by atoms with Gasteiger partial charge < -0.3 is 10.8 Å². The average molecular weight is 152 g/mol. The average Bonchev–Trinajstić information content (AvgIpc) is 2.09. The van der Waals surface area contributed by atoms with Gasteiger partial charge in [-0.1, -0.05) is 6.07 Å². The maximum Gasteiger partial charge on any atom is 0.0512 e. The maximum atomic E-state index is 8.87. The molecule has 0 spiro atoms. The highest BCUT2D eigenvalue weighted by Gasteiger charge is 2.06. The van der Waals surface area contributed by atoms with Gasteiger partial charge in [-0.05, 0) is 11.6 Å². The van der Waals surface area contributed by atoms with Gasteiger partial charge in [-0.3, -0.25) is 4.98 Å². The van der Waals surface area contributed by atoms with E-state index in [1.54, 1.807) is 12.4 Å². The Balaban J connectivity index is 2.74. The molecular formula is C8H12N2O. The van der Waals surface area contributed by atoms with E-state index in [0.717, 1.165) is 5.56 Å². The molecule has 0 aliphatic rings. The summed E-state index contributed by atoms with van der Waals surface area (Å²) in [6, 6.07) is 3.76. The van der Waals surface area contributed by atoms with Gasteiger partial charge in [0.1, 0.15) is 0 Å². The Morgan fingerprint density at radius 1 is 1.64 bits per heavy atom. The summed E-state index contributed by atoms with van der Waals surface area (Å²) in [7, 11) is 0. The SMILES string of the molecule is NC[C@H](CO)c1cccnc1. The monoisotopic (exact) mass is 152 g/mol. The smallest absolute Gasteiger partial charge is 0.0512 e. The van der Waals surface area contributed by atoms with Gasteiger partial charge in [0, 0.05) is 24.9 Å². The molecule has 0 amide bonds. The van der Waals surface area contributed by atoms with Gasteiger partial charge in [-0.25, -0.2) is 0 Å². The van der Waals surface area contributed by atoms with E-state index >= 15 is 0 Å². The predicted octanol–water partition coefficient (Wildman–Crippen LogP) is 0.116. The fourth-order valence-electron chi connectivity index (χ4n) is 0.933. The van der Waals surface area contributed by atoms with E-state index in [4.69, 9.17) is 10.8 Å². The molecule has 0 radical (unpaired) electrons. The molecule has 0 aliphatic carbocycles. The highest BCUT2D eigenvalue weighted by Crippen LogP contribution is 2.10. The van der Waals surface area contributed by atoms with Gasteiger partial charge in [0.05, 0.1) is 6.61 Å². The molecule has 1 aromatic rings. The molecule has 1 aromatic heterocycles. The van der Waals surface area contributed by atoms with Crippen molar-refractivity contribution in [3.05, 3.63) is 30.1 Å². The second-order valence-corrected chi connectivity index (χ2v) is 2.40. The second kappa shape index (κ2) is 4.05. The van der Waals surface area contributed by atoms with Crippen LogP contribution in [0.5, 0.6) is 0 Å². The van der Waals surface area contributed by atoms with Crippen molar-refractivity contribution in [2.24, 2.45) is 5.73 Å². The zero-order valence-electron chi connectivity index (χ0n) is 6.27. The van der Waals surface area contributed by atoms with E-state index in [0.29, 0.717) is 6.54 Å². The van der Waals surface area contributed by atoms with Crippen molar-refractivity contribution in [1.29, 1.82) is 0 Å². The largest absolute Gasteiger partial charge is 0.396 e. The summed E-state index contributed by atoms with van der Waals surface area (Å²) in [6.07, 6.45) is 3.43. The van der Waals surface area contributed by atoms with E-state index in [2.05, 4.69) is 4.98 Å². The fourth-order valence-corrected chi connectivity index (χ4v) is 0.933. The molecule has 0 saturated heterocycles. The lowest BCUT2D eigenvalue weighted by atomic mass is 10.0. The first kappa shape index (κ1) is 8.17. The van der Waals surface area contributed by atoms with Crippen LogP contribution in [0.2, 0.25) is 0 Å². The Morgan fingerprint density at radius 2 is 2.45 bits per heavy atom. The Hall–Kier alpha value is -0.930. The number of nitrogens with zero attached hydrogens (tertiary/aromatic N) is 1. The molecule has 0 bridgehead atoms. The molecule has 60 valence electrons. The minimum Gasteiger partial charge on any atom is -0.396 e. The summed E-state index contributed by atoms with van der Waals surface area (Å²) < 4.78 is 0. The molecular weight excluding hydrogens is 140 g/mol. The zero-order chi connectivity index (χ0) is 8.10. The first-order chi connectivity index (χ1) is 5.38. The van der Waals surface area contributed by atoms with E-state index in [9.17, 15) is 0 Å². The van der Waals surface area contributed by atoms with Crippen LogP contribution >= 0.6 is 0 Å². The quantitative estimate of drug-likeness (QED) is 0.646. The molecule has 1 heterocycles. The Bertz CT molecular complexity index is 197. The number of hydrogen-bond acceptors (Lipinski definition) is 3. The fraction of sp³-hybridized carbons (Fsp3) is 0.375. The van der Waals surface area contributed by atoms with E-state index in [1.807, 2.05) is 12.1 Å². The second-order valence-electron chi connectivity index (χ2n) is 2.40. The Kier molecular flexibility index (Phi) is 3.01. The third-order valence-corrected chi connectivity index (χ3v) is 1.66. The van der Waals surface area contributed by atoms with Crippen LogP contribution in [-0.2, 0) is 0 Å². The lowest BCUT2D eigenvalue weighted by Gasteiger charge is -2.09.